The first-order valence-corrected chi connectivity index (χ1v) is 10.1. The summed E-state index contributed by atoms with van der Waals surface area (Å²) < 4.78 is 39.2. The van der Waals surface area contributed by atoms with Crippen LogP contribution in [0.25, 0.3) is 0 Å². The van der Waals surface area contributed by atoms with Gasteiger partial charge in [-0.25, -0.2) is 9.98 Å². The van der Waals surface area contributed by atoms with E-state index in [1.54, 1.807) is 13.8 Å². The van der Waals surface area contributed by atoms with E-state index < -0.39 is 29.4 Å². The number of nitriles is 1. The molecule has 0 fully saturated rings. The van der Waals surface area contributed by atoms with Crippen LogP contribution in [0.5, 0.6) is 0 Å². The van der Waals surface area contributed by atoms with Crippen LogP contribution >= 0.6 is 11.6 Å². The van der Waals surface area contributed by atoms with Crippen LogP contribution in [0.3, 0.4) is 0 Å². The van der Waals surface area contributed by atoms with Gasteiger partial charge in [-0.2, -0.15) is 18.4 Å². The quantitative estimate of drug-likeness (QED) is 0.520. The molecule has 0 aliphatic rings. The molecule has 0 atom stereocenters. The summed E-state index contributed by atoms with van der Waals surface area (Å²) in [5.41, 5.74) is 3.17. The van der Waals surface area contributed by atoms with E-state index >= 15 is 0 Å². The molecule has 2 amide bonds. The fraction of sp³-hybridized carbons (Fsp3) is 0.227. The number of aryl methyl sites for hydroxylation is 1. The van der Waals surface area contributed by atoms with Gasteiger partial charge in [0.15, 0.2) is 5.82 Å². The van der Waals surface area contributed by atoms with Gasteiger partial charge in [-0.05, 0) is 56.7 Å². The zero-order valence-electron chi connectivity index (χ0n) is 18.3. The summed E-state index contributed by atoms with van der Waals surface area (Å²) in [6, 6.07) is 7.18. The largest absolute Gasteiger partial charge is 0.430 e. The predicted octanol–water partition coefficient (Wildman–Crippen LogP) is 4.17. The van der Waals surface area contributed by atoms with Crippen LogP contribution in [-0.2, 0) is 4.79 Å². The Bertz CT molecular complexity index is 1220. The second kappa shape index (κ2) is 10.8. The third-order valence-corrected chi connectivity index (χ3v) is 4.48. The maximum atomic E-state index is 13.1. The van der Waals surface area contributed by atoms with Gasteiger partial charge < -0.3 is 16.4 Å². The van der Waals surface area contributed by atoms with Gasteiger partial charge in [0, 0.05) is 12.2 Å². The summed E-state index contributed by atoms with van der Waals surface area (Å²) in [6.45, 7) is 4.95. The monoisotopic (exact) mass is 492 g/mol. The Labute approximate surface area is 198 Å². The number of nitrogens with zero attached hydrogens (tertiary/aromatic N) is 3. The van der Waals surface area contributed by atoms with Crippen molar-refractivity contribution >= 4 is 40.6 Å². The van der Waals surface area contributed by atoms with Crippen molar-refractivity contribution in [3.8, 4) is 6.07 Å². The molecule has 0 aliphatic carbocycles. The van der Waals surface area contributed by atoms with Crippen LogP contribution in [0, 0.1) is 18.3 Å². The molecule has 0 saturated heterocycles. The SMILES string of the molecule is Cc1cc(C#N)cc(C(=O)NC(C)C)c1NC(=O)C(C=C(N)C(F)(F)F)=Nc1ncccc1Cl. The smallest absolute Gasteiger partial charge is 0.395 e. The van der Waals surface area contributed by atoms with Gasteiger partial charge >= 0.3 is 6.18 Å². The highest BCUT2D eigenvalue weighted by atomic mass is 35.5. The summed E-state index contributed by atoms with van der Waals surface area (Å²) in [5, 5.41) is 14.3. The minimum atomic E-state index is -4.93. The highest BCUT2D eigenvalue weighted by Crippen LogP contribution is 2.26. The number of aromatic nitrogens is 1. The number of alkyl halides is 3. The molecular formula is C22H20ClF3N6O2. The summed E-state index contributed by atoms with van der Waals surface area (Å²) >= 11 is 5.97. The van der Waals surface area contributed by atoms with Crippen LogP contribution in [0.4, 0.5) is 24.7 Å². The third-order valence-electron chi connectivity index (χ3n) is 4.19. The maximum Gasteiger partial charge on any atom is 0.430 e. The number of hydrogen-bond acceptors (Lipinski definition) is 6. The van der Waals surface area contributed by atoms with Crippen LogP contribution in [-0.4, -0.2) is 34.7 Å². The first kappa shape index (κ1) is 26.3. The lowest BCUT2D eigenvalue weighted by Gasteiger charge is -2.16. The molecule has 2 aromatic rings. The van der Waals surface area contributed by atoms with Gasteiger partial charge in [0.1, 0.15) is 11.4 Å². The molecule has 0 spiro atoms. The van der Waals surface area contributed by atoms with Gasteiger partial charge in [0.2, 0.25) is 0 Å². The molecular weight excluding hydrogens is 473 g/mol. The van der Waals surface area contributed by atoms with E-state index in [4.69, 9.17) is 17.3 Å². The first-order chi connectivity index (χ1) is 15.8. The average Bonchev–Trinajstić information content (AvgIpc) is 2.74. The van der Waals surface area contributed by atoms with Crippen LogP contribution < -0.4 is 16.4 Å². The number of hydrogen-bond donors (Lipinski definition) is 3. The molecule has 8 nitrogen and oxygen atoms in total. The summed E-state index contributed by atoms with van der Waals surface area (Å²) in [6.07, 6.45) is -3.30. The predicted molar refractivity (Wildman–Crippen MR) is 122 cm³/mol. The van der Waals surface area contributed by atoms with Crippen molar-refractivity contribution < 1.29 is 22.8 Å². The van der Waals surface area contributed by atoms with Gasteiger partial charge in [-0.1, -0.05) is 11.6 Å². The number of nitrogens with two attached hydrogens (primary N) is 1. The zero-order chi connectivity index (χ0) is 25.6. The lowest BCUT2D eigenvalue weighted by Crippen LogP contribution is -2.32. The summed E-state index contributed by atoms with van der Waals surface area (Å²) in [4.78, 5) is 33.4. The van der Waals surface area contributed by atoms with Crippen molar-refractivity contribution in [2.45, 2.75) is 33.0 Å². The van der Waals surface area contributed by atoms with Crippen LogP contribution in [0.15, 0.2) is 47.2 Å². The number of benzene rings is 1. The second-order valence-electron chi connectivity index (χ2n) is 7.31. The minimum Gasteiger partial charge on any atom is -0.395 e. The van der Waals surface area contributed by atoms with E-state index in [1.807, 2.05) is 6.07 Å². The molecule has 12 heteroatoms. The number of pyridine rings is 1. The van der Waals surface area contributed by atoms with E-state index in [0.717, 1.165) is 0 Å². The molecule has 1 heterocycles. The Kier molecular flexibility index (Phi) is 8.37. The molecule has 0 unspecified atom stereocenters. The fourth-order valence-electron chi connectivity index (χ4n) is 2.67. The van der Waals surface area contributed by atoms with E-state index in [0.29, 0.717) is 11.6 Å². The molecule has 4 N–H and O–H groups in total. The van der Waals surface area contributed by atoms with Gasteiger partial charge in [-0.3, -0.25) is 9.59 Å². The molecule has 0 aliphatic heterocycles. The molecule has 2 rings (SSSR count). The summed E-state index contributed by atoms with van der Waals surface area (Å²) in [7, 11) is 0. The van der Waals surface area contributed by atoms with Crippen molar-refractivity contribution in [2.75, 3.05) is 5.32 Å². The molecule has 178 valence electrons. The molecule has 1 aromatic heterocycles. The van der Waals surface area contributed by atoms with Gasteiger partial charge in [-0.15, -0.1) is 0 Å². The van der Waals surface area contributed by atoms with E-state index in [1.165, 1.54) is 37.4 Å². The summed E-state index contributed by atoms with van der Waals surface area (Å²) in [5.74, 6) is -1.92. The first-order valence-electron chi connectivity index (χ1n) is 9.74. The number of allylic oxidation sites excluding steroid dienone is 1. The van der Waals surface area contributed by atoms with Crippen LogP contribution in [0.2, 0.25) is 5.02 Å². The number of anilines is 1. The van der Waals surface area contributed by atoms with Gasteiger partial charge in [0.05, 0.1) is 27.9 Å². The molecule has 34 heavy (non-hydrogen) atoms. The van der Waals surface area contributed by atoms with E-state index in [-0.39, 0.29) is 33.7 Å². The number of carbonyl (C=O) groups is 2. The topological polar surface area (TPSA) is 133 Å². The molecule has 0 saturated carbocycles. The minimum absolute atomic E-state index is 0.0130. The normalized spacial score (nSPS) is 12.3. The Morgan fingerprint density at radius 2 is 2.00 bits per heavy atom. The number of rotatable bonds is 6. The number of aliphatic imine (C=N–C) groups is 1. The Morgan fingerprint density at radius 1 is 1.32 bits per heavy atom. The standard InChI is InChI=1S/C22H20ClF3N6O2/c1-11(2)30-20(33)14-8-13(10-27)7-12(3)18(14)32-21(34)16(9-17(28)22(24,25)26)31-19-15(23)5-4-6-29-19/h4-9,11H,28H2,1-3H3,(H,30,33)(H,32,34). The van der Waals surface area contributed by atoms with E-state index in [2.05, 4.69) is 20.6 Å². The van der Waals surface area contributed by atoms with Gasteiger partial charge in [0.25, 0.3) is 11.8 Å². The third kappa shape index (κ3) is 6.79. The van der Waals surface area contributed by atoms with E-state index in [9.17, 15) is 28.0 Å². The van der Waals surface area contributed by atoms with Crippen molar-refractivity contribution in [1.82, 2.24) is 10.3 Å². The zero-order valence-corrected chi connectivity index (χ0v) is 19.0. The molecule has 0 bridgehead atoms. The van der Waals surface area contributed by atoms with Crippen molar-refractivity contribution in [1.29, 1.82) is 5.26 Å². The highest BCUT2D eigenvalue weighted by molar-refractivity contribution is 6.48. The number of amides is 2. The number of carbonyl (C=O) groups excluding carboxylic acids is 2. The maximum absolute atomic E-state index is 13.1. The number of nitrogens with one attached hydrogen (secondary N) is 2. The Morgan fingerprint density at radius 3 is 2.56 bits per heavy atom. The lowest BCUT2D eigenvalue weighted by atomic mass is 10.0. The molecule has 1 aromatic carbocycles. The Balaban J connectivity index is 2.61. The second-order valence-corrected chi connectivity index (χ2v) is 7.72. The lowest BCUT2D eigenvalue weighted by molar-refractivity contribution is -0.110. The highest BCUT2D eigenvalue weighted by Gasteiger charge is 2.32. The number of halogens is 4. The van der Waals surface area contributed by atoms with Crippen molar-refractivity contribution in [3.05, 3.63) is 63.9 Å². The average molecular weight is 493 g/mol. The fourth-order valence-corrected chi connectivity index (χ4v) is 2.83. The molecule has 0 radical (unpaired) electrons. The van der Waals surface area contributed by atoms with Crippen molar-refractivity contribution in [3.63, 3.8) is 0 Å². The van der Waals surface area contributed by atoms with Crippen molar-refractivity contribution in [2.24, 2.45) is 10.7 Å². The van der Waals surface area contributed by atoms with Crippen LogP contribution in [0.1, 0.15) is 35.3 Å². The Hall–Kier alpha value is -3.91.